The van der Waals surface area contributed by atoms with E-state index in [1.807, 2.05) is 36.4 Å². The average Bonchev–Trinajstić information content (AvgIpc) is 2.48. The minimum absolute atomic E-state index is 0.605. The van der Waals surface area contributed by atoms with Gasteiger partial charge in [-0.05, 0) is 42.0 Å². The maximum absolute atomic E-state index is 11.1. The van der Waals surface area contributed by atoms with Crippen LogP contribution in [0.1, 0.15) is 29.5 Å². The lowest BCUT2D eigenvalue weighted by molar-refractivity contribution is 0.0185. The van der Waals surface area contributed by atoms with E-state index >= 15 is 0 Å². The fourth-order valence-electron chi connectivity index (χ4n) is 3.25. The van der Waals surface area contributed by atoms with Gasteiger partial charge >= 0.3 is 0 Å². The van der Waals surface area contributed by atoms with Crippen molar-refractivity contribution >= 4 is 0 Å². The van der Waals surface area contributed by atoms with Gasteiger partial charge in [-0.3, -0.25) is 0 Å². The first-order chi connectivity index (χ1) is 9.73. The van der Waals surface area contributed by atoms with E-state index in [4.69, 9.17) is 4.74 Å². The normalized spacial score (nSPS) is 21.3. The van der Waals surface area contributed by atoms with Crippen LogP contribution in [0.15, 0.2) is 48.5 Å². The van der Waals surface area contributed by atoms with Crippen LogP contribution >= 0.6 is 0 Å². The Labute approximate surface area is 120 Å². The van der Waals surface area contributed by atoms with E-state index in [1.165, 1.54) is 5.56 Å². The van der Waals surface area contributed by atoms with Gasteiger partial charge in [0.15, 0.2) is 0 Å². The molecule has 0 bridgehead atoms. The predicted molar refractivity (Wildman–Crippen MR) is 80.0 cm³/mol. The van der Waals surface area contributed by atoms with Crippen LogP contribution in [-0.4, -0.2) is 12.2 Å². The summed E-state index contributed by atoms with van der Waals surface area (Å²) in [4.78, 5) is 0. The molecule has 0 saturated heterocycles. The van der Waals surface area contributed by atoms with Gasteiger partial charge in [0, 0.05) is 6.42 Å². The van der Waals surface area contributed by atoms with Crippen molar-refractivity contribution in [3.63, 3.8) is 0 Å². The van der Waals surface area contributed by atoms with E-state index in [0.717, 1.165) is 36.1 Å². The molecule has 1 N–H and O–H groups in total. The molecule has 20 heavy (non-hydrogen) atoms. The number of aryl methyl sites for hydroxylation is 1. The third-order valence-corrected chi connectivity index (χ3v) is 4.23. The second-order valence-electron chi connectivity index (χ2n) is 5.53. The summed E-state index contributed by atoms with van der Waals surface area (Å²) in [6.07, 6.45) is 3.50. The van der Waals surface area contributed by atoms with Crippen molar-refractivity contribution in [3.05, 3.63) is 65.2 Å². The number of methoxy groups -OCH3 is 1. The van der Waals surface area contributed by atoms with E-state index in [0.29, 0.717) is 6.42 Å². The molecule has 104 valence electrons. The maximum Gasteiger partial charge on any atom is 0.122 e. The summed E-state index contributed by atoms with van der Waals surface area (Å²) < 4.78 is 5.41. The number of benzene rings is 2. The fraction of sp³-hybridized carbons (Fsp3) is 0.333. The van der Waals surface area contributed by atoms with Crippen LogP contribution in [0.2, 0.25) is 0 Å². The first-order valence-corrected chi connectivity index (χ1v) is 7.15. The summed E-state index contributed by atoms with van der Waals surface area (Å²) in [6, 6.07) is 16.2. The molecule has 0 spiro atoms. The summed E-state index contributed by atoms with van der Waals surface area (Å²) in [6.45, 7) is 0. The van der Waals surface area contributed by atoms with Crippen molar-refractivity contribution in [3.8, 4) is 5.75 Å². The molecule has 2 aromatic rings. The van der Waals surface area contributed by atoms with Gasteiger partial charge in [0.2, 0.25) is 0 Å². The quantitative estimate of drug-likeness (QED) is 0.923. The summed E-state index contributed by atoms with van der Waals surface area (Å²) >= 11 is 0. The number of para-hydroxylation sites is 1. The number of aliphatic hydroxyl groups is 1. The third kappa shape index (κ3) is 2.32. The van der Waals surface area contributed by atoms with E-state index in [2.05, 4.69) is 12.1 Å². The number of rotatable bonds is 3. The summed E-state index contributed by atoms with van der Waals surface area (Å²) in [7, 11) is 1.68. The molecule has 0 heterocycles. The Bertz CT molecular complexity index is 606. The lowest BCUT2D eigenvalue weighted by Gasteiger charge is -2.35. The number of fused-ring (bicyclic) bond motifs is 1. The summed E-state index contributed by atoms with van der Waals surface area (Å²) in [5.41, 5.74) is 2.64. The molecular weight excluding hydrogens is 248 g/mol. The molecule has 2 nitrogen and oxygen atoms in total. The summed E-state index contributed by atoms with van der Waals surface area (Å²) in [5, 5.41) is 11.1. The average molecular weight is 268 g/mol. The SMILES string of the molecule is COc1ccccc1CC1(O)CCCc2ccccc21. The zero-order valence-corrected chi connectivity index (χ0v) is 11.8. The molecule has 2 aromatic carbocycles. The van der Waals surface area contributed by atoms with Crippen LogP contribution in [0.25, 0.3) is 0 Å². The third-order valence-electron chi connectivity index (χ3n) is 4.23. The van der Waals surface area contributed by atoms with E-state index in [-0.39, 0.29) is 0 Å². The minimum atomic E-state index is -0.774. The monoisotopic (exact) mass is 268 g/mol. The van der Waals surface area contributed by atoms with Crippen molar-refractivity contribution in [2.75, 3.05) is 7.11 Å². The van der Waals surface area contributed by atoms with Crippen molar-refractivity contribution < 1.29 is 9.84 Å². The lowest BCUT2D eigenvalue weighted by atomic mass is 9.76. The molecule has 3 rings (SSSR count). The molecular formula is C18H20O2. The van der Waals surface area contributed by atoms with Crippen LogP contribution in [0.3, 0.4) is 0 Å². The number of ether oxygens (including phenoxy) is 1. The minimum Gasteiger partial charge on any atom is -0.496 e. The first kappa shape index (κ1) is 13.2. The molecule has 2 heteroatoms. The van der Waals surface area contributed by atoms with Crippen molar-refractivity contribution in [1.82, 2.24) is 0 Å². The van der Waals surface area contributed by atoms with Crippen LogP contribution in [-0.2, 0) is 18.4 Å². The second-order valence-corrected chi connectivity index (χ2v) is 5.53. The summed E-state index contributed by atoms with van der Waals surface area (Å²) in [5.74, 6) is 0.851. The highest BCUT2D eigenvalue weighted by atomic mass is 16.5. The van der Waals surface area contributed by atoms with Crippen molar-refractivity contribution in [2.45, 2.75) is 31.3 Å². The largest absolute Gasteiger partial charge is 0.496 e. The molecule has 0 fully saturated rings. The predicted octanol–water partition coefficient (Wildman–Crippen LogP) is 3.46. The van der Waals surface area contributed by atoms with Crippen molar-refractivity contribution in [2.24, 2.45) is 0 Å². The Morgan fingerprint density at radius 3 is 2.70 bits per heavy atom. The Hall–Kier alpha value is -1.80. The van der Waals surface area contributed by atoms with Gasteiger partial charge < -0.3 is 9.84 Å². The van der Waals surface area contributed by atoms with Gasteiger partial charge in [-0.2, -0.15) is 0 Å². The van der Waals surface area contributed by atoms with Gasteiger partial charge in [0.25, 0.3) is 0 Å². The lowest BCUT2D eigenvalue weighted by Crippen LogP contribution is -2.33. The Balaban J connectivity index is 1.98. The molecule has 0 radical (unpaired) electrons. The highest BCUT2D eigenvalue weighted by molar-refractivity contribution is 5.40. The van der Waals surface area contributed by atoms with Crippen LogP contribution in [0.4, 0.5) is 0 Å². The van der Waals surface area contributed by atoms with Gasteiger partial charge in [-0.25, -0.2) is 0 Å². The Morgan fingerprint density at radius 1 is 1.10 bits per heavy atom. The highest BCUT2D eigenvalue weighted by Gasteiger charge is 2.34. The zero-order valence-electron chi connectivity index (χ0n) is 11.8. The van der Waals surface area contributed by atoms with E-state index < -0.39 is 5.60 Å². The molecule has 1 unspecified atom stereocenters. The molecule has 1 aliphatic carbocycles. The molecule has 1 atom stereocenters. The van der Waals surface area contributed by atoms with Gasteiger partial charge in [-0.15, -0.1) is 0 Å². The topological polar surface area (TPSA) is 29.5 Å². The van der Waals surface area contributed by atoms with Crippen LogP contribution in [0, 0.1) is 0 Å². The molecule has 0 amide bonds. The van der Waals surface area contributed by atoms with Crippen molar-refractivity contribution in [1.29, 1.82) is 0 Å². The zero-order chi connectivity index (χ0) is 14.0. The maximum atomic E-state index is 11.1. The van der Waals surface area contributed by atoms with Gasteiger partial charge in [0.05, 0.1) is 12.7 Å². The smallest absolute Gasteiger partial charge is 0.122 e. The highest BCUT2D eigenvalue weighted by Crippen LogP contribution is 2.39. The standard InChI is InChI=1S/C18H20O2/c1-20-17-11-5-3-8-15(17)13-18(19)12-6-9-14-7-2-4-10-16(14)18/h2-5,7-8,10-11,19H,6,9,12-13H2,1H3. The molecule has 0 aliphatic heterocycles. The molecule has 0 aromatic heterocycles. The van der Waals surface area contributed by atoms with Gasteiger partial charge in [0.1, 0.15) is 5.75 Å². The first-order valence-electron chi connectivity index (χ1n) is 7.15. The van der Waals surface area contributed by atoms with Crippen LogP contribution < -0.4 is 4.74 Å². The van der Waals surface area contributed by atoms with E-state index in [1.54, 1.807) is 7.11 Å². The fourth-order valence-corrected chi connectivity index (χ4v) is 3.25. The molecule has 0 saturated carbocycles. The number of hydrogen-bond donors (Lipinski definition) is 1. The van der Waals surface area contributed by atoms with Gasteiger partial charge in [-0.1, -0.05) is 42.5 Å². The second kappa shape index (κ2) is 5.29. The molecule has 1 aliphatic rings. The van der Waals surface area contributed by atoms with Crippen LogP contribution in [0.5, 0.6) is 5.75 Å². The Kier molecular flexibility index (Phi) is 3.49. The Morgan fingerprint density at radius 2 is 1.85 bits per heavy atom. The van der Waals surface area contributed by atoms with E-state index in [9.17, 15) is 5.11 Å². The number of hydrogen-bond acceptors (Lipinski definition) is 2.